The molecule has 8 nitrogen and oxygen atoms in total. The van der Waals surface area contributed by atoms with Crippen LogP contribution in [0.25, 0.3) is 0 Å². The number of carbonyl (C=O) groups is 2. The minimum Gasteiger partial charge on any atom is -0.378 e. The molecular formula is C23H34ClN5O3. The van der Waals surface area contributed by atoms with Gasteiger partial charge in [-0.25, -0.2) is 9.59 Å². The average Bonchev–Trinajstić information content (AvgIpc) is 2.81. The summed E-state index contributed by atoms with van der Waals surface area (Å²) in [7, 11) is 0. The number of amides is 4. The number of hydrogen-bond acceptors (Lipinski definition) is 4. The third-order valence-corrected chi connectivity index (χ3v) is 6.84. The Bertz CT molecular complexity index is 788. The molecule has 0 spiro atoms. The highest BCUT2D eigenvalue weighted by atomic mass is 35.5. The van der Waals surface area contributed by atoms with E-state index in [1.807, 2.05) is 12.1 Å². The molecule has 1 aromatic carbocycles. The first-order valence-electron chi connectivity index (χ1n) is 11.8. The highest BCUT2D eigenvalue weighted by molar-refractivity contribution is 6.31. The number of halogens is 1. The van der Waals surface area contributed by atoms with Crippen molar-refractivity contribution in [3.63, 3.8) is 0 Å². The van der Waals surface area contributed by atoms with Gasteiger partial charge < -0.3 is 30.5 Å². The van der Waals surface area contributed by atoms with Gasteiger partial charge in [0.25, 0.3) is 0 Å². The lowest BCUT2D eigenvalue weighted by Gasteiger charge is -2.34. The molecular weight excluding hydrogens is 430 g/mol. The maximum absolute atomic E-state index is 12.9. The van der Waals surface area contributed by atoms with E-state index < -0.39 is 0 Å². The van der Waals surface area contributed by atoms with Crippen LogP contribution in [0.1, 0.15) is 44.9 Å². The van der Waals surface area contributed by atoms with Gasteiger partial charge in [-0.05, 0) is 43.9 Å². The summed E-state index contributed by atoms with van der Waals surface area (Å²) in [6, 6.07) is 5.78. The number of anilines is 2. The Morgan fingerprint density at radius 1 is 0.906 bits per heavy atom. The van der Waals surface area contributed by atoms with Crippen molar-refractivity contribution in [3.8, 4) is 0 Å². The maximum atomic E-state index is 12.9. The molecule has 176 valence electrons. The molecule has 2 heterocycles. The van der Waals surface area contributed by atoms with Crippen LogP contribution in [-0.2, 0) is 4.74 Å². The lowest BCUT2D eigenvalue weighted by molar-refractivity contribution is 0.123. The smallest absolute Gasteiger partial charge is 0.321 e. The number of nitrogens with zero attached hydrogens (tertiary/aromatic N) is 2. The van der Waals surface area contributed by atoms with Crippen LogP contribution < -0.4 is 20.9 Å². The van der Waals surface area contributed by atoms with Crippen LogP contribution in [0.5, 0.6) is 0 Å². The van der Waals surface area contributed by atoms with E-state index in [4.69, 9.17) is 16.3 Å². The Hall–Kier alpha value is -2.19. The number of morpholine rings is 1. The highest BCUT2D eigenvalue weighted by Gasteiger charge is 2.26. The number of piperidine rings is 1. The van der Waals surface area contributed by atoms with E-state index in [0.717, 1.165) is 50.1 Å². The van der Waals surface area contributed by atoms with Gasteiger partial charge in [0.2, 0.25) is 0 Å². The molecule has 0 atom stereocenters. The molecule has 9 heteroatoms. The molecule has 1 saturated carbocycles. The fraction of sp³-hybridized carbons (Fsp3) is 0.652. The number of likely N-dealkylation sites (tertiary alicyclic amines) is 1. The van der Waals surface area contributed by atoms with Gasteiger partial charge in [-0.1, -0.05) is 30.9 Å². The topological polar surface area (TPSA) is 85.9 Å². The molecule has 0 unspecified atom stereocenters. The monoisotopic (exact) mass is 463 g/mol. The third-order valence-electron chi connectivity index (χ3n) is 6.61. The Morgan fingerprint density at radius 2 is 1.56 bits per heavy atom. The zero-order valence-electron chi connectivity index (χ0n) is 18.6. The number of ether oxygens (including phenoxy) is 1. The Morgan fingerprint density at radius 3 is 2.25 bits per heavy atom. The first kappa shape index (κ1) is 23.0. The number of carbonyl (C=O) groups excluding carboxylic acids is 2. The molecule has 4 amide bonds. The predicted molar refractivity (Wildman–Crippen MR) is 127 cm³/mol. The minimum atomic E-state index is -0.133. The third kappa shape index (κ3) is 6.19. The van der Waals surface area contributed by atoms with Gasteiger partial charge in [-0.15, -0.1) is 0 Å². The van der Waals surface area contributed by atoms with E-state index in [1.165, 1.54) is 19.3 Å². The second kappa shape index (κ2) is 11.1. The van der Waals surface area contributed by atoms with E-state index in [0.29, 0.717) is 37.4 Å². The Kier molecular flexibility index (Phi) is 7.97. The first-order valence-corrected chi connectivity index (χ1v) is 12.2. The number of nitrogens with one attached hydrogen (secondary N) is 3. The zero-order chi connectivity index (χ0) is 22.3. The summed E-state index contributed by atoms with van der Waals surface area (Å²) in [5.41, 5.74) is 1.68. The van der Waals surface area contributed by atoms with Crippen LogP contribution in [0.15, 0.2) is 18.2 Å². The van der Waals surface area contributed by atoms with Crippen LogP contribution in [0.2, 0.25) is 5.02 Å². The average molecular weight is 464 g/mol. The summed E-state index contributed by atoms with van der Waals surface area (Å²) in [4.78, 5) is 29.3. The number of urea groups is 2. The van der Waals surface area contributed by atoms with E-state index in [9.17, 15) is 9.59 Å². The molecule has 0 bridgehead atoms. The zero-order valence-corrected chi connectivity index (χ0v) is 19.3. The molecule has 2 aliphatic heterocycles. The van der Waals surface area contributed by atoms with Crippen LogP contribution in [0.3, 0.4) is 0 Å². The molecule has 4 rings (SSSR count). The van der Waals surface area contributed by atoms with Gasteiger partial charge in [-0.3, -0.25) is 0 Å². The molecule has 1 aromatic rings. The minimum absolute atomic E-state index is 0.0751. The molecule has 3 aliphatic rings. The normalized spacial score (nSPS) is 20.7. The molecule has 1 aliphatic carbocycles. The SMILES string of the molecule is O=C(NC1CCCCC1)NC1CCN(C(=O)Nc2cc(Cl)ccc2N2CCOCC2)CC1. The largest absolute Gasteiger partial charge is 0.378 e. The van der Waals surface area contributed by atoms with Crippen LogP contribution in [0.4, 0.5) is 21.0 Å². The van der Waals surface area contributed by atoms with E-state index in [2.05, 4.69) is 20.9 Å². The quantitative estimate of drug-likeness (QED) is 0.633. The van der Waals surface area contributed by atoms with E-state index in [1.54, 1.807) is 11.0 Å². The second-order valence-electron chi connectivity index (χ2n) is 8.91. The van der Waals surface area contributed by atoms with Gasteiger partial charge in [0.15, 0.2) is 0 Å². The van der Waals surface area contributed by atoms with Crippen molar-refractivity contribution in [2.45, 2.75) is 57.0 Å². The second-order valence-corrected chi connectivity index (χ2v) is 9.34. The van der Waals surface area contributed by atoms with Gasteiger partial charge >= 0.3 is 12.1 Å². The van der Waals surface area contributed by atoms with E-state index in [-0.39, 0.29) is 18.1 Å². The molecule has 0 aromatic heterocycles. The summed E-state index contributed by atoms with van der Waals surface area (Å²) < 4.78 is 5.44. The van der Waals surface area contributed by atoms with Gasteiger partial charge in [-0.2, -0.15) is 0 Å². The standard InChI is InChI=1S/C23H34ClN5O3/c24-17-6-7-21(28-12-14-32-15-13-28)20(16-17)27-23(31)29-10-8-19(9-11-29)26-22(30)25-18-4-2-1-3-5-18/h6-7,16,18-19H,1-5,8-15H2,(H,27,31)(H2,25,26,30). The highest BCUT2D eigenvalue weighted by Crippen LogP contribution is 2.30. The van der Waals surface area contributed by atoms with Crippen LogP contribution in [-0.4, -0.2) is 68.4 Å². The predicted octanol–water partition coefficient (Wildman–Crippen LogP) is 3.80. The van der Waals surface area contributed by atoms with E-state index >= 15 is 0 Å². The van der Waals surface area contributed by atoms with Crippen molar-refractivity contribution in [1.82, 2.24) is 15.5 Å². The van der Waals surface area contributed by atoms with Crippen LogP contribution in [0, 0.1) is 0 Å². The fourth-order valence-electron chi connectivity index (χ4n) is 4.77. The number of benzene rings is 1. The summed E-state index contributed by atoms with van der Waals surface area (Å²) in [5.74, 6) is 0. The Balaban J connectivity index is 1.26. The van der Waals surface area contributed by atoms with Gasteiger partial charge in [0.05, 0.1) is 24.6 Å². The summed E-state index contributed by atoms with van der Waals surface area (Å²) >= 11 is 6.21. The molecule has 3 fully saturated rings. The van der Waals surface area contributed by atoms with Crippen molar-refractivity contribution >= 4 is 35.0 Å². The molecule has 2 saturated heterocycles. The van der Waals surface area contributed by atoms with Crippen LogP contribution >= 0.6 is 11.6 Å². The lowest BCUT2D eigenvalue weighted by Crippen LogP contribution is -2.51. The Labute approximate surface area is 195 Å². The molecule has 32 heavy (non-hydrogen) atoms. The summed E-state index contributed by atoms with van der Waals surface area (Å²) in [6.07, 6.45) is 7.29. The number of rotatable bonds is 4. The fourth-order valence-corrected chi connectivity index (χ4v) is 4.94. The summed E-state index contributed by atoms with van der Waals surface area (Å²) in [5, 5.41) is 9.83. The van der Waals surface area contributed by atoms with Crippen molar-refractivity contribution in [3.05, 3.63) is 23.2 Å². The lowest BCUT2D eigenvalue weighted by atomic mass is 9.96. The maximum Gasteiger partial charge on any atom is 0.321 e. The van der Waals surface area contributed by atoms with Crippen molar-refractivity contribution < 1.29 is 14.3 Å². The summed E-state index contributed by atoms with van der Waals surface area (Å²) in [6.45, 7) is 4.12. The van der Waals surface area contributed by atoms with Gasteiger partial charge in [0, 0.05) is 43.3 Å². The molecule has 3 N–H and O–H groups in total. The van der Waals surface area contributed by atoms with Gasteiger partial charge in [0.1, 0.15) is 0 Å². The van der Waals surface area contributed by atoms with Crippen molar-refractivity contribution in [2.75, 3.05) is 49.6 Å². The first-order chi connectivity index (χ1) is 15.6. The number of hydrogen-bond donors (Lipinski definition) is 3. The van der Waals surface area contributed by atoms with Crippen molar-refractivity contribution in [2.24, 2.45) is 0 Å². The van der Waals surface area contributed by atoms with Crippen molar-refractivity contribution in [1.29, 1.82) is 0 Å². The molecule has 0 radical (unpaired) electrons.